The molecule has 0 spiro atoms. The number of hydrogen-bond acceptors (Lipinski definition) is 9. The molecule has 0 bridgehead atoms. The molecule has 3 aromatic heterocycles. The molecule has 37 heavy (non-hydrogen) atoms. The van der Waals surface area contributed by atoms with Crippen molar-refractivity contribution in [1.29, 1.82) is 0 Å². The predicted molar refractivity (Wildman–Crippen MR) is 135 cm³/mol. The number of aromatic nitrogens is 6. The van der Waals surface area contributed by atoms with Crippen molar-refractivity contribution in [3.63, 3.8) is 0 Å². The molecule has 10 nitrogen and oxygen atoms in total. The number of nitrogens with one attached hydrogen (secondary N) is 2. The largest absolute Gasteiger partial charge is 0.457 e. The van der Waals surface area contributed by atoms with E-state index in [0.717, 1.165) is 32.0 Å². The smallest absolute Gasteiger partial charge is 0.160 e. The first-order valence-corrected chi connectivity index (χ1v) is 11.8. The first kappa shape index (κ1) is 23.0. The standard InChI is InChI=1S/C25H23F2N9O/c1-14-20(37-15-11-16(26)24-19(12-15)33-34-35(24)2)5-3-17(22(14)27)31-25-23-18(29-13-30-25)4-6-21(32-23)36-9-7-28-8-10-36/h3-6,11-13,28H,7-10H2,1-2H3,(H,29,30,31). The fourth-order valence-electron chi connectivity index (χ4n) is 4.40. The minimum Gasteiger partial charge on any atom is -0.457 e. The third-order valence-corrected chi connectivity index (χ3v) is 6.35. The lowest BCUT2D eigenvalue weighted by atomic mass is 10.1. The first-order chi connectivity index (χ1) is 18.0. The molecule has 2 aromatic carbocycles. The van der Waals surface area contributed by atoms with E-state index < -0.39 is 11.6 Å². The van der Waals surface area contributed by atoms with Gasteiger partial charge in [0.25, 0.3) is 0 Å². The number of pyridine rings is 1. The Kier molecular flexibility index (Phi) is 5.72. The van der Waals surface area contributed by atoms with Gasteiger partial charge in [-0.15, -0.1) is 5.10 Å². The number of piperazine rings is 1. The summed E-state index contributed by atoms with van der Waals surface area (Å²) in [7, 11) is 1.60. The SMILES string of the molecule is Cc1c(Oc2cc(F)c3c(c2)nnn3C)ccc(Nc2ncnc3ccc(N4CCNCC4)nc23)c1F. The van der Waals surface area contributed by atoms with Gasteiger partial charge in [0.05, 0.1) is 11.2 Å². The Bertz CT molecular complexity index is 1630. The van der Waals surface area contributed by atoms with Gasteiger partial charge < -0.3 is 20.3 Å². The van der Waals surface area contributed by atoms with Crippen LogP contribution in [0.1, 0.15) is 5.56 Å². The third-order valence-electron chi connectivity index (χ3n) is 6.35. The number of nitrogens with zero attached hydrogens (tertiary/aromatic N) is 7. The zero-order chi connectivity index (χ0) is 25.5. The number of halogens is 2. The highest BCUT2D eigenvalue weighted by Crippen LogP contribution is 2.34. The molecule has 5 aromatic rings. The maximum atomic E-state index is 15.4. The zero-order valence-corrected chi connectivity index (χ0v) is 20.2. The van der Waals surface area contributed by atoms with Gasteiger partial charge in [-0.25, -0.2) is 28.4 Å². The maximum Gasteiger partial charge on any atom is 0.160 e. The summed E-state index contributed by atoms with van der Waals surface area (Å²) in [6.45, 7) is 5.05. The average Bonchev–Trinajstić information content (AvgIpc) is 3.29. The van der Waals surface area contributed by atoms with E-state index in [1.165, 1.54) is 17.1 Å². The van der Waals surface area contributed by atoms with Gasteiger partial charge in [-0.05, 0) is 31.2 Å². The van der Waals surface area contributed by atoms with Crippen molar-refractivity contribution in [2.75, 3.05) is 36.4 Å². The van der Waals surface area contributed by atoms with Crippen LogP contribution in [0.5, 0.6) is 11.5 Å². The number of ether oxygens (including phenoxy) is 1. The molecule has 188 valence electrons. The van der Waals surface area contributed by atoms with Crippen LogP contribution >= 0.6 is 0 Å². The van der Waals surface area contributed by atoms with Gasteiger partial charge in [-0.3, -0.25) is 0 Å². The molecule has 1 aliphatic rings. The van der Waals surface area contributed by atoms with Crippen LogP contribution in [-0.2, 0) is 7.05 Å². The Balaban J connectivity index is 1.29. The Morgan fingerprint density at radius 1 is 1.03 bits per heavy atom. The normalized spacial score (nSPS) is 13.9. The summed E-state index contributed by atoms with van der Waals surface area (Å²) in [6.07, 6.45) is 1.41. The van der Waals surface area contributed by atoms with E-state index in [0.29, 0.717) is 22.4 Å². The number of fused-ring (bicyclic) bond motifs is 2. The van der Waals surface area contributed by atoms with Crippen molar-refractivity contribution < 1.29 is 13.5 Å². The van der Waals surface area contributed by atoms with E-state index in [1.807, 2.05) is 12.1 Å². The van der Waals surface area contributed by atoms with E-state index in [-0.39, 0.29) is 28.3 Å². The van der Waals surface area contributed by atoms with Crippen LogP contribution in [0.4, 0.5) is 26.1 Å². The molecule has 1 fully saturated rings. The van der Waals surface area contributed by atoms with Crippen LogP contribution in [0.2, 0.25) is 0 Å². The molecule has 0 aliphatic carbocycles. The Hall–Kier alpha value is -4.45. The summed E-state index contributed by atoms with van der Waals surface area (Å²) in [5.41, 5.74) is 2.25. The Morgan fingerprint density at radius 2 is 1.86 bits per heavy atom. The zero-order valence-electron chi connectivity index (χ0n) is 20.2. The molecule has 6 rings (SSSR count). The van der Waals surface area contributed by atoms with Crippen molar-refractivity contribution in [2.24, 2.45) is 7.05 Å². The molecule has 0 amide bonds. The lowest BCUT2D eigenvalue weighted by molar-refractivity contribution is 0.468. The minimum absolute atomic E-state index is 0.195. The van der Waals surface area contributed by atoms with Crippen LogP contribution in [0, 0.1) is 18.6 Å². The van der Waals surface area contributed by atoms with Gasteiger partial charge in [0.2, 0.25) is 0 Å². The number of benzene rings is 2. The van der Waals surface area contributed by atoms with E-state index in [2.05, 4.69) is 35.8 Å². The van der Waals surface area contributed by atoms with Crippen molar-refractivity contribution in [2.45, 2.75) is 6.92 Å². The molecule has 2 N–H and O–H groups in total. The predicted octanol–water partition coefficient (Wildman–Crippen LogP) is 3.84. The molecule has 0 unspecified atom stereocenters. The molecular formula is C25H23F2N9O. The fourth-order valence-corrected chi connectivity index (χ4v) is 4.40. The molecule has 1 saturated heterocycles. The summed E-state index contributed by atoms with van der Waals surface area (Å²) >= 11 is 0. The highest BCUT2D eigenvalue weighted by atomic mass is 19.1. The highest BCUT2D eigenvalue weighted by molar-refractivity contribution is 5.88. The van der Waals surface area contributed by atoms with Crippen LogP contribution in [-0.4, -0.2) is 56.1 Å². The van der Waals surface area contributed by atoms with E-state index >= 15 is 4.39 Å². The van der Waals surface area contributed by atoms with Gasteiger partial charge >= 0.3 is 0 Å². The van der Waals surface area contributed by atoms with Crippen molar-refractivity contribution in [3.05, 3.63) is 59.9 Å². The lowest BCUT2D eigenvalue weighted by Crippen LogP contribution is -2.43. The molecule has 0 saturated carbocycles. The second kappa shape index (κ2) is 9.21. The first-order valence-electron chi connectivity index (χ1n) is 11.8. The Morgan fingerprint density at radius 3 is 2.70 bits per heavy atom. The summed E-state index contributed by atoms with van der Waals surface area (Å²) < 4.78 is 37.1. The summed E-state index contributed by atoms with van der Waals surface area (Å²) in [4.78, 5) is 15.6. The van der Waals surface area contributed by atoms with E-state index in [4.69, 9.17) is 9.72 Å². The fraction of sp³-hybridized carbons (Fsp3) is 0.240. The second-order valence-electron chi connectivity index (χ2n) is 8.76. The van der Waals surface area contributed by atoms with Crippen molar-refractivity contribution >= 4 is 39.4 Å². The van der Waals surface area contributed by atoms with E-state index in [1.54, 1.807) is 32.2 Å². The molecular weight excluding hydrogens is 480 g/mol. The summed E-state index contributed by atoms with van der Waals surface area (Å²) in [5, 5.41) is 14.1. The van der Waals surface area contributed by atoms with E-state index in [9.17, 15) is 4.39 Å². The number of anilines is 3. The van der Waals surface area contributed by atoms with Gasteiger partial charge in [0.1, 0.15) is 40.2 Å². The quantitative estimate of drug-likeness (QED) is 0.370. The Labute approximate surface area is 210 Å². The topological polar surface area (TPSA) is 106 Å². The lowest BCUT2D eigenvalue weighted by Gasteiger charge is -2.28. The molecule has 0 atom stereocenters. The third kappa shape index (κ3) is 4.25. The second-order valence-corrected chi connectivity index (χ2v) is 8.76. The van der Waals surface area contributed by atoms with Gasteiger partial charge in [-0.1, -0.05) is 5.21 Å². The molecule has 1 aliphatic heterocycles. The van der Waals surface area contributed by atoms with Gasteiger partial charge in [0.15, 0.2) is 17.5 Å². The average molecular weight is 504 g/mol. The van der Waals surface area contributed by atoms with Crippen molar-refractivity contribution in [3.8, 4) is 11.5 Å². The highest BCUT2D eigenvalue weighted by Gasteiger charge is 2.18. The van der Waals surface area contributed by atoms with Crippen LogP contribution in [0.15, 0.2) is 42.7 Å². The summed E-state index contributed by atoms with van der Waals surface area (Å²) in [6, 6.07) is 9.76. The number of rotatable bonds is 5. The molecule has 4 heterocycles. The van der Waals surface area contributed by atoms with Gasteiger partial charge in [0, 0.05) is 50.9 Å². The van der Waals surface area contributed by atoms with Crippen LogP contribution < -0.4 is 20.3 Å². The number of hydrogen-bond donors (Lipinski definition) is 2. The van der Waals surface area contributed by atoms with Crippen LogP contribution in [0.3, 0.4) is 0 Å². The molecule has 12 heteroatoms. The molecule has 0 radical (unpaired) electrons. The number of aryl methyl sites for hydroxylation is 1. The van der Waals surface area contributed by atoms with Crippen molar-refractivity contribution in [1.82, 2.24) is 35.3 Å². The van der Waals surface area contributed by atoms with Gasteiger partial charge in [-0.2, -0.15) is 0 Å². The van der Waals surface area contributed by atoms with Crippen LogP contribution in [0.25, 0.3) is 22.1 Å². The minimum atomic E-state index is -0.528. The summed E-state index contributed by atoms with van der Waals surface area (Å²) in [5.74, 6) is 0.601. The maximum absolute atomic E-state index is 15.4. The monoisotopic (exact) mass is 503 g/mol.